The van der Waals surface area contributed by atoms with E-state index in [-0.39, 0.29) is 30.6 Å². The number of carbonyl (C=O) groups is 1. The Bertz CT molecular complexity index is 1070. The highest BCUT2D eigenvalue weighted by atomic mass is 35.5. The molecule has 9 heteroatoms. The molecule has 0 saturated carbocycles. The number of nitrogens with one attached hydrogen (secondary N) is 1. The fraction of sp³-hybridized carbons (Fsp3) is 0.190. The van der Waals surface area contributed by atoms with Crippen molar-refractivity contribution in [2.24, 2.45) is 0 Å². The van der Waals surface area contributed by atoms with Crippen LogP contribution in [0.4, 0.5) is 10.5 Å². The zero-order valence-corrected chi connectivity index (χ0v) is 17.8. The van der Waals surface area contributed by atoms with Gasteiger partial charge in [-0.3, -0.25) is 0 Å². The molecule has 1 heterocycles. The molecular weight excluding hydrogens is 428 g/mol. The molecule has 1 N–H and O–H groups in total. The normalized spacial score (nSPS) is 11.1. The average Bonchev–Trinajstić information content (AvgIpc) is 3.23. The number of urea groups is 1. The first-order valence-corrected chi connectivity index (χ1v) is 11.1. The topological polar surface area (TPSA) is 88.9 Å². The monoisotopic (exact) mass is 448 g/mol. The molecule has 0 aliphatic carbocycles. The van der Waals surface area contributed by atoms with Crippen LogP contribution in [-0.4, -0.2) is 25.1 Å². The van der Waals surface area contributed by atoms with Gasteiger partial charge in [0.25, 0.3) is 0 Å². The summed E-state index contributed by atoms with van der Waals surface area (Å²) in [5.41, 5.74) is 1.41. The summed E-state index contributed by atoms with van der Waals surface area (Å²) in [7, 11) is -3.59. The van der Waals surface area contributed by atoms with Crippen molar-refractivity contribution < 1.29 is 21.8 Å². The second kappa shape index (κ2) is 9.69. The lowest BCUT2D eigenvalue weighted by molar-refractivity contribution is 0.201. The van der Waals surface area contributed by atoms with Gasteiger partial charge in [-0.25, -0.2) is 4.79 Å². The summed E-state index contributed by atoms with van der Waals surface area (Å²) in [4.78, 5) is 14.4. The summed E-state index contributed by atoms with van der Waals surface area (Å²) in [6, 6.07) is 16.6. The van der Waals surface area contributed by atoms with E-state index >= 15 is 0 Å². The Labute approximate surface area is 180 Å². The van der Waals surface area contributed by atoms with Gasteiger partial charge in [0.1, 0.15) is 11.5 Å². The number of anilines is 1. The first-order valence-electron chi connectivity index (χ1n) is 9.19. The van der Waals surface area contributed by atoms with E-state index in [9.17, 15) is 13.2 Å². The van der Waals surface area contributed by atoms with E-state index in [4.69, 9.17) is 20.2 Å². The maximum absolute atomic E-state index is 12.9. The van der Waals surface area contributed by atoms with Gasteiger partial charge in [0.05, 0.1) is 18.6 Å². The number of halogens is 1. The van der Waals surface area contributed by atoms with Crippen LogP contribution in [0.25, 0.3) is 0 Å². The maximum Gasteiger partial charge on any atom is 0.322 e. The van der Waals surface area contributed by atoms with Gasteiger partial charge in [0.15, 0.2) is 0 Å². The third-order valence-corrected chi connectivity index (χ3v) is 5.59. The quantitative estimate of drug-likeness (QED) is 0.495. The van der Waals surface area contributed by atoms with E-state index in [2.05, 4.69) is 5.32 Å². The molecule has 2 amide bonds. The SMILES string of the molecule is CCS(=O)(=O)Oc1ccc(CN(Cc2ccco2)C(=O)Nc2ccc(Cl)cc2)cc1. The number of amides is 2. The lowest BCUT2D eigenvalue weighted by Crippen LogP contribution is -2.33. The molecular formula is C21H21ClN2O5S. The summed E-state index contributed by atoms with van der Waals surface area (Å²) in [5, 5.41) is 3.41. The summed E-state index contributed by atoms with van der Waals surface area (Å²) in [6.07, 6.45) is 1.55. The van der Waals surface area contributed by atoms with E-state index in [1.165, 1.54) is 6.92 Å². The Morgan fingerprint density at radius 3 is 2.37 bits per heavy atom. The Kier molecular flexibility index (Phi) is 7.02. The minimum absolute atomic E-state index is 0.115. The predicted molar refractivity (Wildman–Crippen MR) is 115 cm³/mol. The van der Waals surface area contributed by atoms with Crippen molar-refractivity contribution in [1.29, 1.82) is 0 Å². The second-order valence-electron chi connectivity index (χ2n) is 6.45. The van der Waals surface area contributed by atoms with Crippen LogP contribution >= 0.6 is 11.6 Å². The van der Waals surface area contributed by atoms with Crippen LogP contribution in [0.15, 0.2) is 71.3 Å². The van der Waals surface area contributed by atoms with Gasteiger partial charge in [-0.1, -0.05) is 23.7 Å². The predicted octanol–water partition coefficient (Wildman–Crippen LogP) is 4.90. The molecule has 0 atom stereocenters. The molecule has 0 radical (unpaired) electrons. The van der Waals surface area contributed by atoms with Gasteiger partial charge in [0.2, 0.25) is 0 Å². The molecule has 0 unspecified atom stereocenters. The van der Waals surface area contributed by atoms with Crippen molar-refractivity contribution >= 4 is 33.4 Å². The largest absolute Gasteiger partial charge is 0.467 e. The standard InChI is InChI=1S/C21H21ClN2O5S/c1-2-30(26,27)29-19-11-5-16(6-12-19)14-24(15-20-4-3-13-28-20)21(25)23-18-9-7-17(22)8-10-18/h3-13H,2,14-15H2,1H3,(H,23,25). The lowest BCUT2D eigenvalue weighted by Gasteiger charge is -2.22. The molecule has 0 aliphatic heterocycles. The second-order valence-corrected chi connectivity index (χ2v) is 8.74. The molecule has 2 aromatic carbocycles. The molecule has 0 aliphatic rings. The van der Waals surface area contributed by atoms with Crippen molar-refractivity contribution in [3.05, 3.63) is 83.3 Å². The van der Waals surface area contributed by atoms with E-state index in [1.54, 1.807) is 71.8 Å². The van der Waals surface area contributed by atoms with Crippen LogP contribution in [0, 0.1) is 0 Å². The zero-order valence-electron chi connectivity index (χ0n) is 16.2. The Morgan fingerprint density at radius 1 is 1.07 bits per heavy atom. The van der Waals surface area contributed by atoms with Gasteiger partial charge < -0.3 is 18.8 Å². The summed E-state index contributed by atoms with van der Waals surface area (Å²) < 4.78 is 33.5. The van der Waals surface area contributed by atoms with E-state index in [0.29, 0.717) is 16.5 Å². The summed E-state index contributed by atoms with van der Waals surface area (Å²) in [6.45, 7) is 2.05. The van der Waals surface area contributed by atoms with Crippen LogP contribution in [0.2, 0.25) is 5.02 Å². The van der Waals surface area contributed by atoms with E-state index < -0.39 is 10.1 Å². The number of furan rings is 1. The Morgan fingerprint density at radius 2 is 1.77 bits per heavy atom. The average molecular weight is 449 g/mol. The van der Waals surface area contributed by atoms with Gasteiger partial charge in [-0.05, 0) is 61.0 Å². The fourth-order valence-corrected chi connectivity index (χ4v) is 3.25. The van der Waals surface area contributed by atoms with Crippen molar-refractivity contribution in [2.75, 3.05) is 11.1 Å². The molecule has 0 bridgehead atoms. The van der Waals surface area contributed by atoms with Crippen LogP contribution in [0.1, 0.15) is 18.2 Å². The highest BCUT2D eigenvalue weighted by molar-refractivity contribution is 7.87. The van der Waals surface area contributed by atoms with Gasteiger partial charge in [0, 0.05) is 17.3 Å². The van der Waals surface area contributed by atoms with Crippen LogP contribution in [0.3, 0.4) is 0 Å². The number of carbonyl (C=O) groups excluding carboxylic acids is 1. The summed E-state index contributed by atoms with van der Waals surface area (Å²) in [5.74, 6) is 0.746. The number of nitrogens with zero attached hydrogens (tertiary/aromatic N) is 1. The van der Waals surface area contributed by atoms with Crippen LogP contribution in [-0.2, 0) is 23.2 Å². The fourth-order valence-electron chi connectivity index (χ4n) is 2.60. The first-order chi connectivity index (χ1) is 14.3. The number of hydrogen-bond donors (Lipinski definition) is 1. The third-order valence-electron chi connectivity index (χ3n) is 4.18. The molecule has 3 rings (SSSR count). The molecule has 1 aromatic heterocycles. The molecule has 3 aromatic rings. The lowest BCUT2D eigenvalue weighted by atomic mass is 10.2. The van der Waals surface area contributed by atoms with Crippen molar-refractivity contribution in [1.82, 2.24) is 4.90 Å². The smallest absolute Gasteiger partial charge is 0.322 e. The summed E-state index contributed by atoms with van der Waals surface area (Å²) >= 11 is 5.89. The first kappa shape index (κ1) is 21.7. The van der Waals surface area contributed by atoms with Crippen LogP contribution in [0.5, 0.6) is 5.75 Å². The van der Waals surface area contributed by atoms with Gasteiger partial charge in [-0.15, -0.1) is 0 Å². The molecule has 30 heavy (non-hydrogen) atoms. The molecule has 0 spiro atoms. The highest BCUT2D eigenvalue weighted by Gasteiger charge is 2.17. The van der Waals surface area contributed by atoms with Crippen molar-refractivity contribution in [3.8, 4) is 5.75 Å². The Balaban J connectivity index is 1.73. The van der Waals surface area contributed by atoms with Crippen molar-refractivity contribution in [3.63, 3.8) is 0 Å². The minimum atomic E-state index is -3.59. The minimum Gasteiger partial charge on any atom is -0.467 e. The third kappa shape index (κ3) is 6.27. The maximum atomic E-state index is 12.9. The zero-order chi connectivity index (χ0) is 21.6. The number of hydrogen-bond acceptors (Lipinski definition) is 5. The molecule has 0 fully saturated rings. The van der Waals surface area contributed by atoms with E-state index in [1.807, 2.05) is 0 Å². The molecule has 158 valence electrons. The molecule has 0 saturated heterocycles. The van der Waals surface area contributed by atoms with Crippen LogP contribution < -0.4 is 9.50 Å². The highest BCUT2D eigenvalue weighted by Crippen LogP contribution is 2.19. The number of rotatable bonds is 8. The molecule has 7 nitrogen and oxygen atoms in total. The van der Waals surface area contributed by atoms with Gasteiger partial charge >= 0.3 is 16.1 Å². The number of benzene rings is 2. The van der Waals surface area contributed by atoms with Crippen molar-refractivity contribution in [2.45, 2.75) is 20.0 Å². The Hall–Kier alpha value is -2.97. The van der Waals surface area contributed by atoms with Gasteiger partial charge in [-0.2, -0.15) is 8.42 Å². The van der Waals surface area contributed by atoms with E-state index in [0.717, 1.165) is 5.56 Å².